The second-order valence-corrected chi connectivity index (χ2v) is 5.13. The molecule has 2 N–H and O–H groups in total. The molecule has 0 radical (unpaired) electrons. The Hall–Kier alpha value is -2.50. The second-order valence-electron chi connectivity index (χ2n) is 5.13. The highest BCUT2D eigenvalue weighted by Crippen LogP contribution is 2.19. The lowest BCUT2D eigenvalue weighted by Gasteiger charge is -2.17. The van der Waals surface area contributed by atoms with Gasteiger partial charge in [0.1, 0.15) is 0 Å². The van der Waals surface area contributed by atoms with E-state index < -0.39 is 0 Å². The average Bonchev–Trinajstić information content (AvgIpc) is 3.08. The molecule has 2 aromatic rings. The van der Waals surface area contributed by atoms with Gasteiger partial charge >= 0.3 is 0 Å². The minimum atomic E-state index is 0.107. The quantitative estimate of drug-likeness (QED) is 0.839. The van der Waals surface area contributed by atoms with Gasteiger partial charge in [0.2, 0.25) is 11.7 Å². The summed E-state index contributed by atoms with van der Waals surface area (Å²) < 4.78 is 0. The molecule has 0 spiro atoms. The molecule has 0 saturated heterocycles. The summed E-state index contributed by atoms with van der Waals surface area (Å²) in [7, 11) is 0. The molecule has 0 unspecified atom stereocenters. The van der Waals surface area contributed by atoms with Crippen molar-refractivity contribution in [3.05, 3.63) is 42.0 Å². The Morgan fingerprint density at radius 3 is 3.10 bits per heavy atom. The molecular formula is C15H17N5O. The van der Waals surface area contributed by atoms with E-state index in [-0.39, 0.29) is 11.8 Å². The van der Waals surface area contributed by atoms with E-state index in [9.17, 15) is 4.79 Å². The summed E-state index contributed by atoms with van der Waals surface area (Å²) in [5.41, 5.74) is 1.91. The van der Waals surface area contributed by atoms with Crippen LogP contribution in [0.2, 0.25) is 0 Å². The van der Waals surface area contributed by atoms with Crippen LogP contribution in [-0.4, -0.2) is 26.5 Å². The molecule has 1 heterocycles. The summed E-state index contributed by atoms with van der Waals surface area (Å²) in [4.78, 5) is 12.1. The monoisotopic (exact) mass is 283 g/mol. The predicted octanol–water partition coefficient (Wildman–Crippen LogP) is 1.84. The second kappa shape index (κ2) is 6.30. The number of carbonyl (C=O) groups is 1. The van der Waals surface area contributed by atoms with Crippen molar-refractivity contribution >= 4 is 5.91 Å². The first-order valence-electron chi connectivity index (χ1n) is 7.08. The molecule has 1 amide bonds. The minimum absolute atomic E-state index is 0.107. The van der Waals surface area contributed by atoms with E-state index in [4.69, 9.17) is 0 Å². The molecule has 21 heavy (non-hydrogen) atoms. The van der Waals surface area contributed by atoms with Gasteiger partial charge in [-0.3, -0.25) is 4.79 Å². The Kier molecular flexibility index (Phi) is 4.04. The molecule has 1 aliphatic carbocycles. The number of benzene rings is 1. The number of hydrogen-bond acceptors (Lipinski definition) is 4. The van der Waals surface area contributed by atoms with Gasteiger partial charge in [-0.2, -0.15) is 5.21 Å². The van der Waals surface area contributed by atoms with Crippen LogP contribution < -0.4 is 5.32 Å². The van der Waals surface area contributed by atoms with Gasteiger partial charge in [-0.15, -0.1) is 10.2 Å². The van der Waals surface area contributed by atoms with Crippen LogP contribution in [0, 0.1) is 5.92 Å². The lowest BCUT2D eigenvalue weighted by atomic mass is 9.93. The topological polar surface area (TPSA) is 83.6 Å². The standard InChI is InChI=1S/C15H17N5O/c21-15(12-6-2-1-3-7-12)16-10-11-5-4-8-13(9-11)14-17-19-20-18-14/h1-2,4-5,8-9,12H,3,6-7,10H2,(H,16,21)(H,17,18,19,20)/t12-/m1/s1. The van der Waals surface area contributed by atoms with Gasteiger partial charge in [0.05, 0.1) is 0 Å². The summed E-state index contributed by atoms with van der Waals surface area (Å²) in [6, 6.07) is 7.79. The Morgan fingerprint density at radius 1 is 1.38 bits per heavy atom. The van der Waals surface area contributed by atoms with Crippen molar-refractivity contribution in [2.24, 2.45) is 5.92 Å². The predicted molar refractivity (Wildman–Crippen MR) is 77.9 cm³/mol. The van der Waals surface area contributed by atoms with E-state index in [1.54, 1.807) is 0 Å². The molecule has 6 nitrogen and oxygen atoms in total. The third-order valence-electron chi connectivity index (χ3n) is 3.64. The largest absolute Gasteiger partial charge is 0.352 e. The first-order chi connectivity index (χ1) is 10.3. The van der Waals surface area contributed by atoms with Crippen LogP contribution in [0.1, 0.15) is 24.8 Å². The van der Waals surface area contributed by atoms with Crippen molar-refractivity contribution in [1.82, 2.24) is 25.9 Å². The lowest BCUT2D eigenvalue weighted by Crippen LogP contribution is -2.30. The molecule has 0 saturated carbocycles. The normalized spacial score (nSPS) is 17.6. The third kappa shape index (κ3) is 3.34. The number of nitrogens with zero attached hydrogens (tertiary/aromatic N) is 3. The zero-order chi connectivity index (χ0) is 14.5. The molecule has 6 heteroatoms. The number of aromatic amines is 1. The number of aromatic nitrogens is 4. The van der Waals surface area contributed by atoms with Crippen LogP contribution in [-0.2, 0) is 11.3 Å². The first-order valence-corrected chi connectivity index (χ1v) is 7.08. The van der Waals surface area contributed by atoms with E-state index in [2.05, 4.69) is 38.1 Å². The summed E-state index contributed by atoms with van der Waals surface area (Å²) >= 11 is 0. The maximum atomic E-state index is 12.1. The van der Waals surface area contributed by atoms with E-state index >= 15 is 0 Å². The fourth-order valence-electron chi connectivity index (χ4n) is 2.47. The Bertz CT molecular complexity index is 635. The Labute approximate surface area is 122 Å². The summed E-state index contributed by atoms with van der Waals surface area (Å²) in [6.07, 6.45) is 6.99. The number of amides is 1. The lowest BCUT2D eigenvalue weighted by molar-refractivity contribution is -0.125. The fraction of sp³-hybridized carbons (Fsp3) is 0.333. The number of allylic oxidation sites excluding steroid dienone is 2. The summed E-state index contributed by atoms with van der Waals surface area (Å²) in [5.74, 6) is 0.792. The van der Waals surface area contributed by atoms with Crippen molar-refractivity contribution in [2.75, 3.05) is 0 Å². The zero-order valence-electron chi connectivity index (χ0n) is 11.6. The van der Waals surface area contributed by atoms with Gasteiger partial charge in [-0.1, -0.05) is 30.4 Å². The first kappa shape index (κ1) is 13.5. The van der Waals surface area contributed by atoms with Crippen LogP contribution in [0.5, 0.6) is 0 Å². The molecule has 0 fully saturated rings. The highest BCUT2D eigenvalue weighted by Gasteiger charge is 2.18. The molecule has 1 aliphatic rings. The molecule has 0 bridgehead atoms. The van der Waals surface area contributed by atoms with Gasteiger partial charge in [0.15, 0.2) is 0 Å². The van der Waals surface area contributed by atoms with Gasteiger partial charge in [-0.05, 0) is 36.1 Å². The molecular weight excluding hydrogens is 266 g/mol. The number of rotatable bonds is 4. The van der Waals surface area contributed by atoms with Crippen molar-refractivity contribution in [1.29, 1.82) is 0 Å². The van der Waals surface area contributed by atoms with E-state index in [0.717, 1.165) is 30.4 Å². The molecule has 108 valence electrons. The van der Waals surface area contributed by atoms with Crippen molar-refractivity contribution in [2.45, 2.75) is 25.8 Å². The number of nitrogens with one attached hydrogen (secondary N) is 2. The van der Waals surface area contributed by atoms with Crippen molar-refractivity contribution in [3.8, 4) is 11.4 Å². The van der Waals surface area contributed by atoms with E-state index in [0.29, 0.717) is 12.4 Å². The zero-order valence-corrected chi connectivity index (χ0v) is 11.6. The summed E-state index contributed by atoms with van der Waals surface area (Å²) in [6.45, 7) is 0.519. The van der Waals surface area contributed by atoms with E-state index in [1.165, 1.54) is 0 Å². The molecule has 1 aromatic heterocycles. The molecule has 1 aromatic carbocycles. The maximum Gasteiger partial charge on any atom is 0.223 e. The van der Waals surface area contributed by atoms with Crippen molar-refractivity contribution < 1.29 is 4.79 Å². The smallest absolute Gasteiger partial charge is 0.223 e. The van der Waals surface area contributed by atoms with Gasteiger partial charge < -0.3 is 5.32 Å². The SMILES string of the molecule is O=C(NCc1cccc(-c2nn[nH]n2)c1)[C@@H]1CC=CCC1. The van der Waals surface area contributed by atoms with Crippen molar-refractivity contribution in [3.63, 3.8) is 0 Å². The molecule has 0 aliphatic heterocycles. The highest BCUT2D eigenvalue weighted by atomic mass is 16.1. The van der Waals surface area contributed by atoms with Crippen LogP contribution in [0.25, 0.3) is 11.4 Å². The van der Waals surface area contributed by atoms with Crippen LogP contribution in [0.4, 0.5) is 0 Å². The molecule has 1 atom stereocenters. The van der Waals surface area contributed by atoms with Gasteiger partial charge in [0, 0.05) is 18.0 Å². The highest BCUT2D eigenvalue weighted by molar-refractivity contribution is 5.79. The minimum Gasteiger partial charge on any atom is -0.352 e. The number of carbonyl (C=O) groups excluding carboxylic acids is 1. The van der Waals surface area contributed by atoms with Crippen LogP contribution in [0.15, 0.2) is 36.4 Å². The van der Waals surface area contributed by atoms with Gasteiger partial charge in [-0.25, -0.2) is 0 Å². The van der Waals surface area contributed by atoms with E-state index in [1.807, 2.05) is 24.3 Å². The Balaban J connectivity index is 1.61. The summed E-state index contributed by atoms with van der Waals surface area (Å²) in [5, 5.41) is 16.9. The van der Waals surface area contributed by atoms with Crippen LogP contribution >= 0.6 is 0 Å². The fourth-order valence-corrected chi connectivity index (χ4v) is 2.47. The average molecular weight is 283 g/mol. The maximum absolute atomic E-state index is 12.1. The van der Waals surface area contributed by atoms with Gasteiger partial charge in [0.25, 0.3) is 0 Å². The van der Waals surface area contributed by atoms with Crippen LogP contribution in [0.3, 0.4) is 0 Å². The number of H-pyrrole nitrogens is 1. The molecule has 3 rings (SSSR count). The Morgan fingerprint density at radius 2 is 2.33 bits per heavy atom. The number of hydrogen-bond donors (Lipinski definition) is 2. The third-order valence-corrected chi connectivity index (χ3v) is 3.64. The number of tetrazole rings is 1.